The van der Waals surface area contributed by atoms with Crippen LogP contribution in [-0.4, -0.2) is 37.6 Å². The third-order valence-electron chi connectivity index (χ3n) is 3.43. The Bertz CT molecular complexity index is 765. The molecule has 2 amide bonds. The molecule has 2 N–H and O–H groups in total. The highest BCUT2D eigenvalue weighted by Crippen LogP contribution is 2.31. The third kappa shape index (κ3) is 4.25. The van der Waals surface area contributed by atoms with Crippen LogP contribution in [0.4, 0.5) is 5.69 Å². The lowest BCUT2D eigenvalue weighted by Crippen LogP contribution is -2.42. The van der Waals surface area contributed by atoms with Gasteiger partial charge in [-0.05, 0) is 39.8 Å². The molecule has 1 aromatic rings. The fraction of sp³-hybridized carbons (Fsp3) is 0.500. The number of benzene rings is 1. The van der Waals surface area contributed by atoms with E-state index in [1.165, 1.54) is 25.1 Å². The fourth-order valence-corrected chi connectivity index (χ4v) is 3.67. The van der Waals surface area contributed by atoms with Crippen molar-refractivity contribution in [3.63, 3.8) is 0 Å². The second kappa shape index (κ2) is 6.43. The summed E-state index contributed by atoms with van der Waals surface area (Å²) in [5.74, 6) is -0.299. The highest BCUT2D eigenvalue weighted by Gasteiger charge is 2.28. The van der Waals surface area contributed by atoms with Crippen LogP contribution in [0.3, 0.4) is 0 Å². The first-order valence-corrected chi connectivity index (χ1v) is 9.15. The lowest BCUT2D eigenvalue weighted by molar-refractivity contribution is -0.122. The Morgan fingerprint density at radius 3 is 2.67 bits per heavy atom. The van der Waals surface area contributed by atoms with E-state index in [0.29, 0.717) is 11.4 Å². The van der Waals surface area contributed by atoms with Crippen LogP contribution >= 0.6 is 0 Å². The first kappa shape index (κ1) is 18.3. The molecule has 24 heavy (non-hydrogen) atoms. The summed E-state index contributed by atoms with van der Waals surface area (Å²) in [6.45, 7) is 6.84. The van der Waals surface area contributed by atoms with Gasteiger partial charge in [0.1, 0.15) is 5.75 Å². The van der Waals surface area contributed by atoms with Gasteiger partial charge in [0.25, 0.3) is 5.91 Å². The van der Waals surface area contributed by atoms with Gasteiger partial charge < -0.3 is 15.4 Å². The van der Waals surface area contributed by atoms with Crippen molar-refractivity contribution < 1.29 is 22.7 Å². The first-order valence-electron chi connectivity index (χ1n) is 7.60. The van der Waals surface area contributed by atoms with E-state index >= 15 is 0 Å². The van der Waals surface area contributed by atoms with Gasteiger partial charge >= 0.3 is 0 Å². The SMILES string of the molecule is CC(CC(=O)NC(C)(C)C)S(=O)(=O)c1ccc2c(c1)OCC(=O)N2. The Morgan fingerprint density at radius 1 is 1.38 bits per heavy atom. The van der Waals surface area contributed by atoms with Crippen LogP contribution < -0.4 is 15.4 Å². The maximum absolute atomic E-state index is 12.7. The minimum atomic E-state index is -3.69. The van der Waals surface area contributed by atoms with Crippen molar-refractivity contribution in [3.05, 3.63) is 18.2 Å². The van der Waals surface area contributed by atoms with Crippen molar-refractivity contribution in [1.82, 2.24) is 5.32 Å². The molecule has 0 saturated heterocycles. The summed E-state index contributed by atoms with van der Waals surface area (Å²) in [6, 6.07) is 4.27. The molecule has 1 heterocycles. The molecular formula is C16H22N2O5S. The Morgan fingerprint density at radius 2 is 2.04 bits per heavy atom. The number of carbonyl (C=O) groups is 2. The van der Waals surface area contributed by atoms with E-state index in [1.54, 1.807) is 0 Å². The van der Waals surface area contributed by atoms with Gasteiger partial charge in [0.2, 0.25) is 5.91 Å². The second-order valence-corrected chi connectivity index (χ2v) is 9.22. The summed E-state index contributed by atoms with van der Waals surface area (Å²) in [4.78, 5) is 23.3. The third-order valence-corrected chi connectivity index (χ3v) is 5.57. The van der Waals surface area contributed by atoms with E-state index in [4.69, 9.17) is 4.74 Å². The summed E-state index contributed by atoms with van der Waals surface area (Å²) in [5.41, 5.74) is 0.0154. The van der Waals surface area contributed by atoms with Gasteiger partial charge in [0.05, 0.1) is 15.8 Å². The molecule has 1 aliphatic heterocycles. The lowest BCUT2D eigenvalue weighted by Gasteiger charge is -2.22. The van der Waals surface area contributed by atoms with E-state index in [0.717, 1.165) is 0 Å². The number of sulfone groups is 1. The standard InChI is InChI=1S/C16H22N2O5S/c1-10(7-14(19)18-16(2,3)4)24(21,22)11-5-6-12-13(8-11)23-9-15(20)17-12/h5-6,8,10H,7,9H2,1-4H3,(H,17,20)(H,18,19). The van der Waals surface area contributed by atoms with Crippen molar-refractivity contribution in [2.75, 3.05) is 11.9 Å². The number of hydrogen-bond acceptors (Lipinski definition) is 5. The van der Waals surface area contributed by atoms with Gasteiger partial charge in [-0.3, -0.25) is 9.59 Å². The average Bonchev–Trinajstić information content (AvgIpc) is 2.44. The average molecular weight is 354 g/mol. The van der Waals surface area contributed by atoms with Crippen LogP contribution in [0.15, 0.2) is 23.1 Å². The molecule has 0 fully saturated rings. The normalized spacial score (nSPS) is 15.8. The van der Waals surface area contributed by atoms with E-state index in [2.05, 4.69) is 10.6 Å². The molecule has 0 saturated carbocycles. The van der Waals surface area contributed by atoms with Crippen LogP contribution in [0.1, 0.15) is 34.1 Å². The topological polar surface area (TPSA) is 102 Å². The number of hydrogen-bond donors (Lipinski definition) is 2. The first-order chi connectivity index (χ1) is 11.0. The Labute approximate surface area is 141 Å². The minimum Gasteiger partial charge on any atom is -0.482 e. The summed E-state index contributed by atoms with van der Waals surface area (Å²) >= 11 is 0. The quantitative estimate of drug-likeness (QED) is 0.853. The Kier molecular flexibility index (Phi) is 4.89. The second-order valence-electron chi connectivity index (χ2n) is 6.85. The largest absolute Gasteiger partial charge is 0.482 e. The summed E-state index contributed by atoms with van der Waals surface area (Å²) < 4.78 is 30.6. The van der Waals surface area contributed by atoms with Crippen LogP contribution in [0.25, 0.3) is 0 Å². The van der Waals surface area contributed by atoms with Crippen molar-refractivity contribution >= 4 is 27.3 Å². The molecule has 1 unspecified atom stereocenters. The molecule has 132 valence electrons. The number of anilines is 1. The smallest absolute Gasteiger partial charge is 0.262 e. The van der Waals surface area contributed by atoms with Gasteiger partial charge in [-0.15, -0.1) is 0 Å². The molecular weight excluding hydrogens is 332 g/mol. The molecule has 1 aliphatic rings. The van der Waals surface area contributed by atoms with Crippen molar-refractivity contribution in [1.29, 1.82) is 0 Å². The fourth-order valence-electron chi connectivity index (χ4n) is 2.30. The summed E-state index contributed by atoms with van der Waals surface area (Å²) in [7, 11) is -3.69. The zero-order valence-corrected chi connectivity index (χ0v) is 15.0. The predicted molar refractivity (Wildman–Crippen MR) is 89.7 cm³/mol. The lowest BCUT2D eigenvalue weighted by atomic mass is 10.1. The molecule has 0 bridgehead atoms. The van der Waals surface area contributed by atoms with E-state index < -0.39 is 20.6 Å². The van der Waals surface area contributed by atoms with Gasteiger partial charge in [0, 0.05) is 18.0 Å². The zero-order chi connectivity index (χ0) is 18.1. The number of fused-ring (bicyclic) bond motifs is 1. The number of amides is 2. The van der Waals surface area contributed by atoms with Crippen LogP contribution in [0, 0.1) is 0 Å². The van der Waals surface area contributed by atoms with Crippen molar-refractivity contribution in [2.24, 2.45) is 0 Å². The molecule has 2 rings (SSSR count). The van der Waals surface area contributed by atoms with Gasteiger partial charge in [-0.2, -0.15) is 0 Å². The van der Waals surface area contributed by atoms with Crippen LogP contribution in [0.2, 0.25) is 0 Å². The molecule has 0 aliphatic carbocycles. The number of carbonyl (C=O) groups excluding carboxylic acids is 2. The van der Waals surface area contributed by atoms with Crippen LogP contribution in [-0.2, 0) is 19.4 Å². The molecule has 0 spiro atoms. The van der Waals surface area contributed by atoms with E-state index in [-0.39, 0.29) is 29.7 Å². The molecule has 1 aromatic carbocycles. The predicted octanol–water partition coefficient (Wildman–Crippen LogP) is 1.48. The molecule has 0 radical (unpaired) electrons. The van der Waals surface area contributed by atoms with Gasteiger partial charge in [-0.1, -0.05) is 0 Å². The number of nitrogens with one attached hydrogen (secondary N) is 2. The number of ether oxygens (including phenoxy) is 1. The summed E-state index contributed by atoms with van der Waals surface area (Å²) in [6.07, 6.45) is -0.131. The van der Waals surface area contributed by atoms with Crippen molar-refractivity contribution in [3.8, 4) is 5.75 Å². The molecule has 0 aromatic heterocycles. The maximum atomic E-state index is 12.7. The van der Waals surface area contributed by atoms with Crippen molar-refractivity contribution in [2.45, 2.75) is 49.8 Å². The Balaban J connectivity index is 2.18. The molecule has 7 nitrogen and oxygen atoms in total. The number of rotatable bonds is 4. The minimum absolute atomic E-state index is 0.0634. The highest BCUT2D eigenvalue weighted by molar-refractivity contribution is 7.92. The van der Waals surface area contributed by atoms with E-state index in [9.17, 15) is 18.0 Å². The maximum Gasteiger partial charge on any atom is 0.262 e. The highest BCUT2D eigenvalue weighted by atomic mass is 32.2. The Hall–Kier alpha value is -2.09. The molecule has 1 atom stereocenters. The summed E-state index contributed by atoms with van der Waals surface area (Å²) in [5, 5.41) is 4.48. The monoisotopic (exact) mass is 354 g/mol. The van der Waals surface area contributed by atoms with Gasteiger partial charge in [0.15, 0.2) is 16.4 Å². The van der Waals surface area contributed by atoms with Crippen LogP contribution in [0.5, 0.6) is 5.75 Å². The van der Waals surface area contributed by atoms with Gasteiger partial charge in [-0.25, -0.2) is 8.42 Å². The zero-order valence-electron chi connectivity index (χ0n) is 14.2. The molecule has 8 heteroatoms. The van der Waals surface area contributed by atoms with E-state index in [1.807, 2.05) is 20.8 Å².